The molecule has 1 aliphatic heterocycles. The van der Waals surface area contributed by atoms with Gasteiger partial charge in [-0.3, -0.25) is 9.59 Å². The van der Waals surface area contributed by atoms with Gasteiger partial charge < -0.3 is 20.3 Å². The molecule has 0 bridgehead atoms. The number of nitrogens with one attached hydrogen (secondary N) is 2. The van der Waals surface area contributed by atoms with Crippen molar-refractivity contribution in [2.24, 2.45) is 0 Å². The lowest BCUT2D eigenvalue weighted by molar-refractivity contribution is -0.120. The van der Waals surface area contributed by atoms with E-state index in [9.17, 15) is 9.59 Å². The SMILES string of the molecule is CN(C)C(=O)c1ccccc1NC(=O)C1COCCN1. The largest absolute Gasteiger partial charge is 0.378 e. The second-order valence-electron chi connectivity index (χ2n) is 4.82. The van der Waals surface area contributed by atoms with Gasteiger partial charge in [-0.1, -0.05) is 12.1 Å². The molecule has 0 saturated carbocycles. The Morgan fingerprint density at radius 1 is 1.35 bits per heavy atom. The van der Waals surface area contributed by atoms with E-state index in [0.29, 0.717) is 31.0 Å². The van der Waals surface area contributed by atoms with Crippen LogP contribution in [0.4, 0.5) is 5.69 Å². The van der Waals surface area contributed by atoms with E-state index in [0.717, 1.165) is 0 Å². The highest BCUT2D eigenvalue weighted by Gasteiger charge is 2.22. The van der Waals surface area contributed by atoms with Crippen LogP contribution in [0.25, 0.3) is 0 Å². The minimum absolute atomic E-state index is 0.145. The summed E-state index contributed by atoms with van der Waals surface area (Å²) >= 11 is 0. The molecule has 1 fully saturated rings. The fourth-order valence-electron chi connectivity index (χ4n) is 1.97. The standard InChI is InChI=1S/C14H19N3O3/c1-17(2)14(19)10-5-3-4-6-11(10)16-13(18)12-9-20-8-7-15-12/h3-6,12,15H,7-9H2,1-2H3,(H,16,18). The average Bonchev–Trinajstić information content (AvgIpc) is 2.48. The third-order valence-corrected chi connectivity index (χ3v) is 3.06. The van der Waals surface area contributed by atoms with Gasteiger partial charge in [-0.25, -0.2) is 0 Å². The second-order valence-corrected chi connectivity index (χ2v) is 4.82. The monoisotopic (exact) mass is 277 g/mol. The number of para-hydroxylation sites is 1. The molecule has 1 aliphatic rings. The average molecular weight is 277 g/mol. The van der Waals surface area contributed by atoms with Crippen molar-refractivity contribution in [3.63, 3.8) is 0 Å². The molecule has 2 amide bonds. The van der Waals surface area contributed by atoms with Crippen molar-refractivity contribution in [2.45, 2.75) is 6.04 Å². The van der Waals surface area contributed by atoms with Crippen LogP contribution in [0.2, 0.25) is 0 Å². The van der Waals surface area contributed by atoms with Crippen LogP contribution in [0.15, 0.2) is 24.3 Å². The predicted octanol–water partition coefficient (Wildman–Crippen LogP) is 0.315. The number of benzene rings is 1. The van der Waals surface area contributed by atoms with Crippen molar-refractivity contribution in [3.05, 3.63) is 29.8 Å². The van der Waals surface area contributed by atoms with Crippen molar-refractivity contribution < 1.29 is 14.3 Å². The molecule has 20 heavy (non-hydrogen) atoms. The van der Waals surface area contributed by atoms with Crippen LogP contribution < -0.4 is 10.6 Å². The zero-order valence-electron chi connectivity index (χ0n) is 11.7. The summed E-state index contributed by atoms with van der Waals surface area (Å²) in [4.78, 5) is 25.7. The first-order valence-electron chi connectivity index (χ1n) is 6.52. The van der Waals surface area contributed by atoms with Crippen molar-refractivity contribution in [1.82, 2.24) is 10.2 Å². The molecule has 1 heterocycles. The van der Waals surface area contributed by atoms with Gasteiger partial charge in [0.25, 0.3) is 5.91 Å². The second kappa shape index (κ2) is 6.49. The highest BCUT2D eigenvalue weighted by Crippen LogP contribution is 2.17. The normalized spacial score (nSPS) is 18.4. The maximum Gasteiger partial charge on any atom is 0.255 e. The van der Waals surface area contributed by atoms with Crippen LogP contribution in [0.3, 0.4) is 0 Å². The van der Waals surface area contributed by atoms with Gasteiger partial charge in [0.1, 0.15) is 6.04 Å². The van der Waals surface area contributed by atoms with Gasteiger partial charge in [0, 0.05) is 20.6 Å². The molecular formula is C14H19N3O3. The maximum absolute atomic E-state index is 12.1. The number of carbonyl (C=O) groups is 2. The first kappa shape index (κ1) is 14.5. The zero-order chi connectivity index (χ0) is 14.5. The van der Waals surface area contributed by atoms with E-state index in [1.807, 2.05) is 0 Å². The molecule has 1 aromatic rings. The summed E-state index contributed by atoms with van der Waals surface area (Å²) in [5.74, 6) is -0.336. The number of rotatable bonds is 3. The van der Waals surface area contributed by atoms with Crippen LogP contribution in [-0.4, -0.2) is 56.6 Å². The molecule has 1 saturated heterocycles. The Balaban J connectivity index is 2.12. The molecule has 108 valence electrons. The van der Waals surface area contributed by atoms with Crippen molar-refractivity contribution in [3.8, 4) is 0 Å². The topological polar surface area (TPSA) is 70.7 Å². The molecule has 1 aromatic carbocycles. The number of carbonyl (C=O) groups excluding carboxylic acids is 2. The molecule has 0 aliphatic carbocycles. The number of ether oxygens (including phenoxy) is 1. The van der Waals surface area contributed by atoms with E-state index in [1.165, 1.54) is 4.90 Å². The quantitative estimate of drug-likeness (QED) is 0.834. The summed E-state index contributed by atoms with van der Waals surface area (Å²) in [5, 5.41) is 5.87. The fourth-order valence-corrected chi connectivity index (χ4v) is 1.97. The highest BCUT2D eigenvalue weighted by molar-refractivity contribution is 6.04. The Hall–Kier alpha value is -1.92. The van der Waals surface area contributed by atoms with Crippen molar-refractivity contribution in [1.29, 1.82) is 0 Å². The first-order valence-corrected chi connectivity index (χ1v) is 6.52. The van der Waals surface area contributed by atoms with E-state index < -0.39 is 0 Å². The summed E-state index contributed by atoms with van der Waals surface area (Å²) in [7, 11) is 3.36. The lowest BCUT2D eigenvalue weighted by atomic mass is 10.1. The minimum Gasteiger partial charge on any atom is -0.378 e. The van der Waals surface area contributed by atoms with Gasteiger partial charge in [-0.05, 0) is 12.1 Å². The molecule has 6 heteroatoms. The van der Waals surface area contributed by atoms with E-state index in [2.05, 4.69) is 10.6 Å². The van der Waals surface area contributed by atoms with E-state index in [1.54, 1.807) is 38.4 Å². The highest BCUT2D eigenvalue weighted by atomic mass is 16.5. The van der Waals surface area contributed by atoms with E-state index in [-0.39, 0.29) is 17.9 Å². The number of hydrogen-bond donors (Lipinski definition) is 2. The zero-order valence-corrected chi connectivity index (χ0v) is 11.7. The molecule has 0 radical (unpaired) electrons. The van der Waals surface area contributed by atoms with Crippen molar-refractivity contribution >= 4 is 17.5 Å². The maximum atomic E-state index is 12.1. The number of anilines is 1. The minimum atomic E-state index is -0.383. The molecule has 1 unspecified atom stereocenters. The third kappa shape index (κ3) is 3.34. The Morgan fingerprint density at radius 2 is 2.10 bits per heavy atom. The Kier molecular flexibility index (Phi) is 4.70. The molecule has 2 rings (SSSR count). The van der Waals surface area contributed by atoms with E-state index in [4.69, 9.17) is 4.74 Å². The van der Waals surface area contributed by atoms with Gasteiger partial charge in [0.05, 0.1) is 24.5 Å². The van der Waals surface area contributed by atoms with E-state index >= 15 is 0 Å². The Labute approximate surface area is 118 Å². The van der Waals surface area contributed by atoms with Crippen LogP contribution in [0, 0.1) is 0 Å². The molecule has 2 N–H and O–H groups in total. The fraction of sp³-hybridized carbons (Fsp3) is 0.429. The van der Waals surface area contributed by atoms with Gasteiger partial charge in [-0.2, -0.15) is 0 Å². The van der Waals surface area contributed by atoms with Gasteiger partial charge in [0.15, 0.2) is 0 Å². The lowest BCUT2D eigenvalue weighted by Gasteiger charge is -2.23. The summed E-state index contributed by atoms with van der Waals surface area (Å²) in [6, 6.07) is 6.59. The Morgan fingerprint density at radius 3 is 2.75 bits per heavy atom. The third-order valence-electron chi connectivity index (χ3n) is 3.06. The first-order chi connectivity index (χ1) is 9.59. The van der Waals surface area contributed by atoms with Gasteiger partial charge >= 0.3 is 0 Å². The molecule has 6 nitrogen and oxygen atoms in total. The van der Waals surface area contributed by atoms with Crippen LogP contribution >= 0.6 is 0 Å². The molecule has 0 spiro atoms. The predicted molar refractivity (Wildman–Crippen MR) is 75.7 cm³/mol. The molecular weight excluding hydrogens is 258 g/mol. The Bertz CT molecular complexity index is 496. The van der Waals surface area contributed by atoms with Crippen molar-refractivity contribution in [2.75, 3.05) is 39.2 Å². The number of morpholine rings is 1. The molecule has 1 atom stereocenters. The van der Waals surface area contributed by atoms with Crippen LogP contribution in [-0.2, 0) is 9.53 Å². The van der Waals surface area contributed by atoms with Crippen LogP contribution in [0.1, 0.15) is 10.4 Å². The summed E-state index contributed by atoms with van der Waals surface area (Å²) in [6.45, 7) is 1.60. The van der Waals surface area contributed by atoms with Gasteiger partial charge in [0.2, 0.25) is 5.91 Å². The smallest absolute Gasteiger partial charge is 0.255 e. The summed E-state index contributed by atoms with van der Waals surface area (Å²) in [6.07, 6.45) is 0. The number of hydrogen-bond acceptors (Lipinski definition) is 4. The van der Waals surface area contributed by atoms with Crippen LogP contribution in [0.5, 0.6) is 0 Å². The summed E-state index contributed by atoms with van der Waals surface area (Å²) < 4.78 is 5.26. The number of nitrogens with zero attached hydrogens (tertiary/aromatic N) is 1. The number of amides is 2. The van der Waals surface area contributed by atoms with Gasteiger partial charge in [-0.15, -0.1) is 0 Å². The lowest BCUT2D eigenvalue weighted by Crippen LogP contribution is -2.49. The molecule has 0 aromatic heterocycles. The summed E-state index contributed by atoms with van der Waals surface area (Å²) in [5.41, 5.74) is 0.992.